The van der Waals surface area contributed by atoms with E-state index < -0.39 is 12.8 Å². The zero-order chi connectivity index (χ0) is 10.1. The molecule has 0 spiro atoms. The van der Waals surface area contributed by atoms with E-state index in [2.05, 4.69) is 6.07 Å². The van der Waals surface area contributed by atoms with E-state index in [1.165, 1.54) is 13.8 Å². The molecule has 1 aromatic rings. The molecule has 2 N–H and O–H groups in total. The summed E-state index contributed by atoms with van der Waals surface area (Å²) in [6.45, 7) is 3.06. The Morgan fingerprint density at radius 3 is 2.15 bits per heavy atom. The smallest absolute Gasteiger partial charge is 0.324 e. The van der Waals surface area contributed by atoms with Gasteiger partial charge in [0.1, 0.15) is 0 Å². The van der Waals surface area contributed by atoms with Crippen molar-refractivity contribution in [3.05, 3.63) is 35.9 Å². The molecule has 0 aliphatic heterocycles. The van der Waals surface area contributed by atoms with Crippen LogP contribution in [0.4, 0.5) is 0 Å². The minimum atomic E-state index is -4.10. The van der Waals surface area contributed by atoms with Crippen molar-refractivity contribution in [3.63, 3.8) is 0 Å². The molecule has 71 valence electrons. The molecular formula is C9H12O3P. The van der Waals surface area contributed by atoms with E-state index in [-0.39, 0.29) is 0 Å². The van der Waals surface area contributed by atoms with Crippen LogP contribution in [0.1, 0.15) is 19.4 Å². The molecule has 1 aromatic carbocycles. The van der Waals surface area contributed by atoms with Crippen LogP contribution in [0.15, 0.2) is 24.3 Å². The molecule has 0 amide bonds. The summed E-state index contributed by atoms with van der Waals surface area (Å²) >= 11 is 0. The van der Waals surface area contributed by atoms with Crippen LogP contribution in [0.2, 0.25) is 0 Å². The van der Waals surface area contributed by atoms with Gasteiger partial charge in [0.2, 0.25) is 0 Å². The van der Waals surface area contributed by atoms with Crippen molar-refractivity contribution < 1.29 is 14.4 Å². The third kappa shape index (κ3) is 1.99. The summed E-state index contributed by atoms with van der Waals surface area (Å²) in [5, 5.41) is -1.12. The fraction of sp³-hybridized carbons (Fsp3) is 0.333. The monoisotopic (exact) mass is 199 g/mol. The van der Waals surface area contributed by atoms with Gasteiger partial charge >= 0.3 is 7.60 Å². The first-order chi connectivity index (χ1) is 5.86. The Morgan fingerprint density at radius 1 is 1.31 bits per heavy atom. The molecule has 0 saturated carbocycles. The molecule has 1 radical (unpaired) electrons. The fourth-order valence-corrected chi connectivity index (χ4v) is 1.45. The van der Waals surface area contributed by atoms with E-state index >= 15 is 0 Å². The van der Waals surface area contributed by atoms with Crippen molar-refractivity contribution in [1.29, 1.82) is 0 Å². The molecule has 0 heterocycles. The summed E-state index contributed by atoms with van der Waals surface area (Å²) in [6, 6.07) is 9.43. The first-order valence-electron chi connectivity index (χ1n) is 3.88. The molecular weight excluding hydrogens is 187 g/mol. The largest absolute Gasteiger partial charge is 0.335 e. The third-order valence-electron chi connectivity index (χ3n) is 2.15. The molecule has 0 saturated heterocycles. The maximum absolute atomic E-state index is 11.1. The van der Waals surface area contributed by atoms with Crippen molar-refractivity contribution in [3.8, 4) is 0 Å². The van der Waals surface area contributed by atoms with Gasteiger partial charge in [0.25, 0.3) is 0 Å². The average molecular weight is 199 g/mol. The molecule has 0 aromatic heterocycles. The quantitative estimate of drug-likeness (QED) is 0.715. The summed E-state index contributed by atoms with van der Waals surface area (Å²) < 4.78 is 11.1. The van der Waals surface area contributed by atoms with Crippen LogP contribution >= 0.6 is 7.60 Å². The SMILES string of the molecule is CC(C)(c1cc[c]cc1)P(=O)(O)O. The zero-order valence-electron chi connectivity index (χ0n) is 7.56. The fourth-order valence-electron chi connectivity index (χ4n) is 0.963. The molecule has 0 aliphatic carbocycles. The lowest BCUT2D eigenvalue weighted by molar-refractivity contribution is 0.338. The minimum Gasteiger partial charge on any atom is -0.324 e. The summed E-state index contributed by atoms with van der Waals surface area (Å²) in [5.41, 5.74) is 0.625. The van der Waals surface area contributed by atoms with Crippen molar-refractivity contribution in [2.75, 3.05) is 0 Å². The van der Waals surface area contributed by atoms with Crippen LogP contribution in [0, 0.1) is 6.07 Å². The topological polar surface area (TPSA) is 57.5 Å². The van der Waals surface area contributed by atoms with Gasteiger partial charge < -0.3 is 9.79 Å². The van der Waals surface area contributed by atoms with E-state index in [0.29, 0.717) is 5.56 Å². The maximum Gasteiger partial charge on any atom is 0.335 e. The van der Waals surface area contributed by atoms with E-state index in [9.17, 15) is 4.57 Å². The van der Waals surface area contributed by atoms with Crippen molar-refractivity contribution in [2.24, 2.45) is 0 Å². The van der Waals surface area contributed by atoms with E-state index in [4.69, 9.17) is 9.79 Å². The number of hydrogen-bond donors (Lipinski definition) is 2. The maximum atomic E-state index is 11.1. The highest BCUT2D eigenvalue weighted by molar-refractivity contribution is 7.53. The minimum absolute atomic E-state index is 0.625. The molecule has 1 rings (SSSR count). The predicted octanol–water partition coefficient (Wildman–Crippen LogP) is 1.90. The highest BCUT2D eigenvalue weighted by Gasteiger charge is 2.38. The van der Waals surface area contributed by atoms with Crippen LogP contribution in [-0.4, -0.2) is 9.79 Å². The Kier molecular flexibility index (Phi) is 2.62. The molecule has 13 heavy (non-hydrogen) atoms. The van der Waals surface area contributed by atoms with Crippen molar-refractivity contribution >= 4 is 7.60 Å². The Balaban J connectivity index is 3.16. The lowest BCUT2D eigenvalue weighted by atomic mass is 10.0. The van der Waals surface area contributed by atoms with Gasteiger partial charge in [-0.3, -0.25) is 4.57 Å². The molecule has 0 fully saturated rings. The van der Waals surface area contributed by atoms with E-state index in [0.717, 1.165) is 0 Å². The Morgan fingerprint density at radius 2 is 1.77 bits per heavy atom. The predicted molar refractivity (Wildman–Crippen MR) is 50.3 cm³/mol. The normalized spacial score (nSPS) is 12.9. The Labute approximate surface area is 77.6 Å². The highest BCUT2D eigenvalue weighted by atomic mass is 31.2. The Hall–Kier alpha value is -0.630. The van der Waals surface area contributed by atoms with Gasteiger partial charge in [0.05, 0.1) is 5.16 Å². The van der Waals surface area contributed by atoms with Crippen molar-refractivity contribution in [1.82, 2.24) is 0 Å². The van der Waals surface area contributed by atoms with Crippen molar-refractivity contribution in [2.45, 2.75) is 19.0 Å². The van der Waals surface area contributed by atoms with Gasteiger partial charge in [-0.2, -0.15) is 0 Å². The van der Waals surface area contributed by atoms with Gasteiger partial charge in [-0.1, -0.05) is 24.3 Å². The van der Waals surface area contributed by atoms with Crippen LogP contribution in [0.3, 0.4) is 0 Å². The second-order valence-corrected chi connectivity index (χ2v) is 5.60. The molecule has 0 aliphatic rings. The highest BCUT2D eigenvalue weighted by Crippen LogP contribution is 2.56. The lowest BCUT2D eigenvalue weighted by Gasteiger charge is -2.25. The van der Waals surface area contributed by atoms with E-state index in [1.807, 2.05) is 0 Å². The van der Waals surface area contributed by atoms with Crippen LogP contribution in [0.25, 0.3) is 0 Å². The number of hydrogen-bond acceptors (Lipinski definition) is 1. The summed E-state index contributed by atoms with van der Waals surface area (Å²) in [7, 11) is -4.10. The number of benzene rings is 1. The molecule has 3 nitrogen and oxygen atoms in total. The van der Waals surface area contributed by atoms with Gasteiger partial charge in [-0.05, 0) is 25.5 Å². The van der Waals surface area contributed by atoms with Crippen LogP contribution < -0.4 is 0 Å². The summed E-state index contributed by atoms with van der Waals surface area (Å²) in [6.07, 6.45) is 0. The third-order valence-corrected chi connectivity index (χ3v) is 3.87. The molecule has 4 heteroatoms. The summed E-state index contributed by atoms with van der Waals surface area (Å²) in [5.74, 6) is 0. The average Bonchev–Trinajstić information content (AvgIpc) is 2.04. The van der Waals surface area contributed by atoms with Gasteiger partial charge in [-0.25, -0.2) is 0 Å². The number of rotatable bonds is 2. The van der Waals surface area contributed by atoms with Crippen LogP contribution in [-0.2, 0) is 9.72 Å². The molecule has 0 bridgehead atoms. The first-order valence-corrected chi connectivity index (χ1v) is 5.49. The Bertz CT molecular complexity index is 326. The second-order valence-electron chi connectivity index (χ2n) is 3.39. The lowest BCUT2D eigenvalue weighted by Crippen LogP contribution is -2.16. The summed E-state index contributed by atoms with van der Waals surface area (Å²) in [4.78, 5) is 18.2. The van der Waals surface area contributed by atoms with E-state index in [1.54, 1.807) is 24.3 Å². The van der Waals surface area contributed by atoms with Gasteiger partial charge in [0.15, 0.2) is 0 Å². The van der Waals surface area contributed by atoms with Gasteiger partial charge in [-0.15, -0.1) is 0 Å². The molecule has 0 unspecified atom stereocenters. The molecule has 0 atom stereocenters. The van der Waals surface area contributed by atoms with Gasteiger partial charge in [0, 0.05) is 0 Å². The van der Waals surface area contributed by atoms with Crippen LogP contribution in [0.5, 0.6) is 0 Å². The first kappa shape index (κ1) is 10.5. The zero-order valence-corrected chi connectivity index (χ0v) is 8.45. The standard InChI is InChI=1S/C9H12O3P/c1-9(2,13(10,11)12)8-6-4-3-5-7-8/h4-7H,1-2H3,(H2,10,11,12). The second kappa shape index (κ2) is 3.26.